The van der Waals surface area contributed by atoms with E-state index in [1.165, 1.54) is 76.3 Å². The van der Waals surface area contributed by atoms with Crippen LogP contribution in [0.2, 0.25) is 0 Å². The van der Waals surface area contributed by atoms with Crippen LogP contribution in [-0.4, -0.2) is 15.0 Å². The molecule has 1 aliphatic rings. The van der Waals surface area contributed by atoms with Crippen molar-refractivity contribution >= 4 is 53.9 Å². The summed E-state index contributed by atoms with van der Waals surface area (Å²) >= 11 is 0. The molecule has 0 saturated heterocycles. The standard InChI is InChI=1S/C57H39N3/c1-4-16-36(17-5-1)39-28-29-41-33-40-22-10-11-23-45(40)54-49-27-15-14-26-48(49)51-35-42(34-43(32-39)52(51)53(41)54)44-30-31-50(47-25-13-12-24-46(44)47)57-59-55(37-18-6-2-7-19-37)58-56(60-57)38-20-8-3-9-21-38/h1-27,30-31,33-35,39H,28-29,32H2. The van der Waals surface area contributed by atoms with Gasteiger partial charge in [0.2, 0.25) is 0 Å². The molecule has 60 heavy (non-hydrogen) atoms. The molecule has 0 fully saturated rings. The Morgan fingerprint density at radius 2 is 0.900 bits per heavy atom. The predicted molar refractivity (Wildman–Crippen MR) is 250 cm³/mol. The zero-order valence-corrected chi connectivity index (χ0v) is 33.0. The van der Waals surface area contributed by atoms with Crippen LogP contribution in [0.5, 0.6) is 0 Å². The summed E-state index contributed by atoms with van der Waals surface area (Å²) in [6, 6.07) is 70.4. The summed E-state index contributed by atoms with van der Waals surface area (Å²) in [4.78, 5) is 15.3. The molecule has 1 aliphatic carbocycles. The third kappa shape index (κ3) is 5.69. The molecule has 10 aromatic carbocycles. The van der Waals surface area contributed by atoms with Crippen molar-refractivity contribution in [2.45, 2.75) is 25.2 Å². The molecular weight excluding hydrogens is 727 g/mol. The second-order valence-corrected chi connectivity index (χ2v) is 16.2. The highest BCUT2D eigenvalue weighted by Crippen LogP contribution is 2.47. The number of aryl methyl sites for hydroxylation is 1. The number of fused-ring (bicyclic) bond motifs is 6. The van der Waals surface area contributed by atoms with E-state index in [0.717, 1.165) is 41.3 Å². The van der Waals surface area contributed by atoms with Crippen molar-refractivity contribution in [1.82, 2.24) is 15.0 Å². The molecule has 3 nitrogen and oxygen atoms in total. The first kappa shape index (κ1) is 34.5. The van der Waals surface area contributed by atoms with Crippen molar-refractivity contribution in [2.75, 3.05) is 0 Å². The highest BCUT2D eigenvalue weighted by atomic mass is 15.0. The van der Waals surface area contributed by atoms with E-state index in [1.54, 1.807) is 0 Å². The van der Waals surface area contributed by atoms with Gasteiger partial charge in [-0.05, 0) is 119 Å². The van der Waals surface area contributed by atoms with E-state index >= 15 is 0 Å². The van der Waals surface area contributed by atoms with Gasteiger partial charge < -0.3 is 0 Å². The van der Waals surface area contributed by atoms with Crippen molar-refractivity contribution in [3.8, 4) is 45.3 Å². The maximum atomic E-state index is 5.15. The molecule has 0 N–H and O–H groups in total. The third-order valence-electron chi connectivity index (χ3n) is 12.8. The number of nitrogens with zero attached hydrogens (tertiary/aromatic N) is 3. The Labute approximate surface area is 348 Å². The van der Waals surface area contributed by atoms with Gasteiger partial charge in [0.15, 0.2) is 17.5 Å². The van der Waals surface area contributed by atoms with Gasteiger partial charge >= 0.3 is 0 Å². The summed E-state index contributed by atoms with van der Waals surface area (Å²) < 4.78 is 0. The Hall–Kier alpha value is -7.49. The fourth-order valence-electron chi connectivity index (χ4n) is 10.0. The van der Waals surface area contributed by atoms with Crippen LogP contribution in [0.15, 0.2) is 194 Å². The summed E-state index contributed by atoms with van der Waals surface area (Å²) in [5.41, 5.74) is 9.61. The lowest BCUT2D eigenvalue weighted by atomic mass is 9.77. The molecule has 0 radical (unpaired) electrons. The molecular formula is C57H39N3. The number of rotatable bonds is 5. The Bertz CT molecular complexity index is 3390. The topological polar surface area (TPSA) is 38.7 Å². The number of hydrogen-bond donors (Lipinski definition) is 0. The van der Waals surface area contributed by atoms with Crippen molar-refractivity contribution in [1.29, 1.82) is 0 Å². The number of hydrogen-bond acceptors (Lipinski definition) is 3. The van der Waals surface area contributed by atoms with E-state index in [4.69, 9.17) is 15.0 Å². The lowest BCUT2D eigenvalue weighted by Gasteiger charge is -2.26. The minimum Gasteiger partial charge on any atom is -0.208 e. The largest absolute Gasteiger partial charge is 0.208 e. The van der Waals surface area contributed by atoms with Crippen molar-refractivity contribution in [3.05, 3.63) is 211 Å². The van der Waals surface area contributed by atoms with Gasteiger partial charge in [0.05, 0.1) is 0 Å². The second-order valence-electron chi connectivity index (χ2n) is 16.2. The SMILES string of the molecule is c1ccc(-c2nc(-c3ccccc3)nc(-c3ccc(-c4cc5c6c(c4)c4ccccc4c4c7ccccc7cc(c64)CCC(c4ccccc4)C5)c4ccccc34)n2)cc1. The quantitative estimate of drug-likeness (QED) is 0.164. The summed E-state index contributed by atoms with van der Waals surface area (Å²) in [7, 11) is 0. The molecule has 282 valence electrons. The average Bonchev–Trinajstić information content (AvgIpc) is 3.32. The van der Waals surface area contributed by atoms with Crippen molar-refractivity contribution in [2.24, 2.45) is 0 Å². The van der Waals surface area contributed by atoms with Gasteiger partial charge in [0.1, 0.15) is 0 Å². The molecule has 1 heterocycles. The summed E-state index contributed by atoms with van der Waals surface area (Å²) in [5.74, 6) is 2.38. The number of aromatic nitrogens is 3. The first-order valence-electron chi connectivity index (χ1n) is 21.0. The van der Waals surface area contributed by atoms with Crippen LogP contribution in [0.1, 0.15) is 29.0 Å². The van der Waals surface area contributed by atoms with Gasteiger partial charge in [-0.1, -0.05) is 182 Å². The van der Waals surface area contributed by atoms with Crippen LogP contribution in [0.25, 0.3) is 99.2 Å². The van der Waals surface area contributed by atoms with E-state index in [0.29, 0.717) is 23.4 Å². The van der Waals surface area contributed by atoms with Crippen LogP contribution >= 0.6 is 0 Å². The van der Waals surface area contributed by atoms with E-state index in [2.05, 4.69) is 158 Å². The van der Waals surface area contributed by atoms with Crippen molar-refractivity contribution < 1.29 is 0 Å². The van der Waals surface area contributed by atoms with Crippen LogP contribution in [0.3, 0.4) is 0 Å². The van der Waals surface area contributed by atoms with Gasteiger partial charge in [-0.25, -0.2) is 15.0 Å². The molecule has 1 aromatic heterocycles. The zero-order valence-electron chi connectivity index (χ0n) is 33.0. The van der Waals surface area contributed by atoms with Gasteiger partial charge in [0, 0.05) is 16.7 Å². The van der Waals surface area contributed by atoms with E-state index < -0.39 is 0 Å². The summed E-state index contributed by atoms with van der Waals surface area (Å²) in [5, 5.41) is 13.1. The summed E-state index contributed by atoms with van der Waals surface area (Å²) in [6.45, 7) is 0. The third-order valence-corrected chi connectivity index (χ3v) is 12.8. The number of benzene rings is 10. The Balaban J connectivity index is 1.12. The van der Waals surface area contributed by atoms with E-state index in [1.807, 2.05) is 36.4 Å². The highest BCUT2D eigenvalue weighted by molar-refractivity contribution is 6.33. The molecule has 0 aliphatic heterocycles. The molecule has 11 aromatic rings. The first-order valence-corrected chi connectivity index (χ1v) is 21.0. The molecule has 0 spiro atoms. The molecule has 12 rings (SSSR count). The van der Waals surface area contributed by atoms with E-state index in [9.17, 15) is 0 Å². The average molecular weight is 766 g/mol. The Kier molecular flexibility index (Phi) is 8.12. The van der Waals surface area contributed by atoms with Gasteiger partial charge in [-0.3, -0.25) is 0 Å². The molecule has 3 heteroatoms. The highest BCUT2D eigenvalue weighted by Gasteiger charge is 2.25. The maximum Gasteiger partial charge on any atom is 0.164 e. The molecule has 0 amide bonds. The summed E-state index contributed by atoms with van der Waals surface area (Å²) in [6.07, 6.45) is 3.10. The first-order chi connectivity index (χ1) is 29.7. The predicted octanol–water partition coefficient (Wildman–Crippen LogP) is 14.6. The molecule has 0 bridgehead atoms. The monoisotopic (exact) mass is 765 g/mol. The minimum absolute atomic E-state index is 0.395. The molecule has 0 saturated carbocycles. The molecule has 1 unspecified atom stereocenters. The maximum absolute atomic E-state index is 5.15. The normalized spacial score (nSPS) is 14.0. The lowest BCUT2D eigenvalue weighted by Crippen LogP contribution is -2.09. The van der Waals surface area contributed by atoms with E-state index in [-0.39, 0.29) is 0 Å². The van der Waals surface area contributed by atoms with Crippen LogP contribution in [-0.2, 0) is 12.8 Å². The van der Waals surface area contributed by atoms with Gasteiger partial charge in [-0.2, -0.15) is 0 Å². The smallest absolute Gasteiger partial charge is 0.164 e. The van der Waals surface area contributed by atoms with Crippen molar-refractivity contribution in [3.63, 3.8) is 0 Å². The second kappa shape index (κ2) is 14.1. The lowest BCUT2D eigenvalue weighted by molar-refractivity contribution is 0.623. The van der Waals surface area contributed by atoms with Gasteiger partial charge in [-0.15, -0.1) is 0 Å². The Morgan fingerprint density at radius 3 is 1.60 bits per heavy atom. The fraction of sp³-hybridized carbons (Fsp3) is 0.0702. The van der Waals surface area contributed by atoms with Gasteiger partial charge in [0.25, 0.3) is 0 Å². The Morgan fingerprint density at radius 1 is 0.350 bits per heavy atom. The zero-order chi connectivity index (χ0) is 39.6. The minimum atomic E-state index is 0.395. The van der Waals surface area contributed by atoms with Crippen LogP contribution in [0, 0.1) is 0 Å². The molecule has 1 atom stereocenters. The van der Waals surface area contributed by atoms with Crippen LogP contribution in [0.4, 0.5) is 0 Å². The van der Waals surface area contributed by atoms with Crippen LogP contribution < -0.4 is 0 Å². The fourth-order valence-corrected chi connectivity index (χ4v) is 10.0.